The van der Waals surface area contributed by atoms with Crippen molar-refractivity contribution in [3.05, 3.63) is 35.4 Å². The van der Waals surface area contributed by atoms with Crippen LogP contribution in [-0.4, -0.2) is 18.7 Å². The molecular weight excluding hydrogens is 166 g/mol. The summed E-state index contributed by atoms with van der Waals surface area (Å²) in [5.74, 6) is -0.329. The molecule has 0 aliphatic carbocycles. The molecule has 0 saturated heterocycles. The largest absolute Gasteiger partial charge is 0.355 e. The summed E-state index contributed by atoms with van der Waals surface area (Å²) in [4.78, 5) is 22.4. The topological polar surface area (TPSA) is 46.2 Å². The first-order valence-corrected chi connectivity index (χ1v) is 3.99. The van der Waals surface area contributed by atoms with Gasteiger partial charge in [0.2, 0.25) is 0 Å². The maximum Gasteiger partial charge on any atom is 0.251 e. The number of carbonyl (C=O) groups excluding carboxylic acids is 2. The third-order valence-electron chi connectivity index (χ3n) is 1.78. The molecule has 3 nitrogen and oxygen atoms in total. The highest BCUT2D eigenvalue weighted by Gasteiger charge is 2.11. The van der Waals surface area contributed by atoms with Crippen LogP contribution in [0.15, 0.2) is 24.3 Å². The van der Waals surface area contributed by atoms with Crippen LogP contribution in [0.25, 0.3) is 0 Å². The van der Waals surface area contributed by atoms with E-state index in [4.69, 9.17) is 0 Å². The normalized spacial score (nSPS) is 9.38. The highest BCUT2D eigenvalue weighted by Crippen LogP contribution is 2.08. The third kappa shape index (κ3) is 1.93. The zero-order valence-corrected chi connectivity index (χ0v) is 7.63. The number of benzene rings is 1. The van der Waals surface area contributed by atoms with E-state index in [2.05, 4.69) is 5.32 Å². The Kier molecular flexibility index (Phi) is 2.80. The fourth-order valence-electron chi connectivity index (χ4n) is 1.12. The standard InChI is InChI=1S/C10H11NO2/c1-7(12)8-5-3-4-6-9(8)10(13)11-2/h3-6H,1-2H3,(H,11,13). The maximum absolute atomic E-state index is 11.3. The molecule has 0 radical (unpaired) electrons. The van der Waals surface area contributed by atoms with E-state index in [9.17, 15) is 9.59 Å². The average molecular weight is 177 g/mol. The van der Waals surface area contributed by atoms with Crippen molar-refractivity contribution in [3.8, 4) is 0 Å². The molecule has 1 N–H and O–H groups in total. The van der Waals surface area contributed by atoms with Crippen molar-refractivity contribution < 1.29 is 9.59 Å². The Morgan fingerprint density at radius 2 is 1.69 bits per heavy atom. The van der Waals surface area contributed by atoms with E-state index in [0.717, 1.165) is 0 Å². The van der Waals surface area contributed by atoms with Crippen LogP contribution in [0.3, 0.4) is 0 Å². The van der Waals surface area contributed by atoms with Crippen LogP contribution in [0.1, 0.15) is 27.6 Å². The molecule has 0 heterocycles. The second kappa shape index (κ2) is 3.85. The van der Waals surface area contributed by atoms with Crippen LogP contribution in [0, 0.1) is 0 Å². The van der Waals surface area contributed by atoms with E-state index >= 15 is 0 Å². The average Bonchev–Trinajstić information content (AvgIpc) is 2.16. The molecule has 0 saturated carbocycles. The van der Waals surface area contributed by atoms with Crippen molar-refractivity contribution in [2.24, 2.45) is 0 Å². The summed E-state index contributed by atoms with van der Waals surface area (Å²) in [7, 11) is 1.54. The van der Waals surface area contributed by atoms with Gasteiger partial charge in [0.1, 0.15) is 0 Å². The van der Waals surface area contributed by atoms with Gasteiger partial charge in [-0.1, -0.05) is 18.2 Å². The lowest BCUT2D eigenvalue weighted by molar-refractivity contribution is 0.0946. The monoisotopic (exact) mass is 177 g/mol. The Labute approximate surface area is 76.8 Å². The van der Waals surface area contributed by atoms with Crippen molar-refractivity contribution in [2.45, 2.75) is 6.92 Å². The predicted molar refractivity (Wildman–Crippen MR) is 49.8 cm³/mol. The first-order valence-electron chi connectivity index (χ1n) is 3.99. The van der Waals surface area contributed by atoms with E-state index in [0.29, 0.717) is 11.1 Å². The summed E-state index contributed by atoms with van der Waals surface area (Å²) >= 11 is 0. The molecule has 0 fully saturated rings. The van der Waals surface area contributed by atoms with Gasteiger partial charge < -0.3 is 5.32 Å². The number of nitrogens with one attached hydrogen (secondary N) is 1. The molecular formula is C10H11NO2. The van der Waals surface area contributed by atoms with Gasteiger partial charge in [0.15, 0.2) is 5.78 Å². The minimum Gasteiger partial charge on any atom is -0.355 e. The van der Waals surface area contributed by atoms with Gasteiger partial charge in [-0.2, -0.15) is 0 Å². The first kappa shape index (κ1) is 9.45. The van der Waals surface area contributed by atoms with Crippen molar-refractivity contribution >= 4 is 11.7 Å². The minimum absolute atomic E-state index is 0.0980. The fourth-order valence-corrected chi connectivity index (χ4v) is 1.12. The predicted octanol–water partition coefficient (Wildman–Crippen LogP) is 1.25. The van der Waals surface area contributed by atoms with Gasteiger partial charge in [-0.15, -0.1) is 0 Å². The highest BCUT2D eigenvalue weighted by molar-refractivity contribution is 6.07. The second-order valence-electron chi connectivity index (χ2n) is 2.68. The van der Waals surface area contributed by atoms with Crippen molar-refractivity contribution in [2.75, 3.05) is 7.05 Å². The lowest BCUT2D eigenvalue weighted by Gasteiger charge is -2.03. The van der Waals surface area contributed by atoms with E-state index < -0.39 is 0 Å². The van der Waals surface area contributed by atoms with Crippen LogP contribution < -0.4 is 5.32 Å². The molecule has 1 aromatic carbocycles. The Balaban J connectivity index is 3.19. The Morgan fingerprint density at radius 3 is 2.15 bits per heavy atom. The lowest BCUT2D eigenvalue weighted by atomic mass is 10.0. The number of hydrogen-bond acceptors (Lipinski definition) is 2. The van der Waals surface area contributed by atoms with E-state index in [1.54, 1.807) is 31.3 Å². The number of amides is 1. The van der Waals surface area contributed by atoms with Gasteiger partial charge in [-0.05, 0) is 13.0 Å². The van der Waals surface area contributed by atoms with Crippen LogP contribution in [0.2, 0.25) is 0 Å². The van der Waals surface area contributed by atoms with E-state index in [1.165, 1.54) is 6.92 Å². The first-order chi connectivity index (χ1) is 6.16. The molecule has 0 unspecified atom stereocenters. The molecule has 0 bridgehead atoms. The number of hydrogen-bond donors (Lipinski definition) is 1. The number of carbonyl (C=O) groups is 2. The molecule has 3 heteroatoms. The summed E-state index contributed by atoms with van der Waals surface area (Å²) in [5.41, 5.74) is 0.888. The van der Waals surface area contributed by atoms with Crippen molar-refractivity contribution in [3.63, 3.8) is 0 Å². The summed E-state index contributed by atoms with van der Waals surface area (Å²) in [6, 6.07) is 6.75. The summed E-state index contributed by atoms with van der Waals surface area (Å²) in [5, 5.41) is 2.49. The second-order valence-corrected chi connectivity index (χ2v) is 2.68. The molecule has 13 heavy (non-hydrogen) atoms. The lowest BCUT2D eigenvalue weighted by Crippen LogP contribution is -2.20. The number of ketones is 1. The van der Waals surface area contributed by atoms with Crippen LogP contribution in [0.4, 0.5) is 0 Å². The van der Waals surface area contributed by atoms with Crippen LogP contribution in [0.5, 0.6) is 0 Å². The third-order valence-corrected chi connectivity index (χ3v) is 1.78. The van der Waals surface area contributed by atoms with Crippen LogP contribution >= 0.6 is 0 Å². The number of rotatable bonds is 2. The Hall–Kier alpha value is -1.64. The summed E-state index contributed by atoms with van der Waals surface area (Å²) < 4.78 is 0. The fraction of sp³-hybridized carbons (Fsp3) is 0.200. The van der Waals surface area contributed by atoms with E-state index in [-0.39, 0.29) is 11.7 Å². The minimum atomic E-state index is -0.231. The van der Waals surface area contributed by atoms with Gasteiger partial charge in [0.05, 0.1) is 5.56 Å². The highest BCUT2D eigenvalue weighted by atomic mass is 16.2. The zero-order valence-electron chi connectivity index (χ0n) is 7.63. The van der Waals surface area contributed by atoms with Crippen LogP contribution in [-0.2, 0) is 0 Å². The number of Topliss-reactive ketones (excluding diaryl/α,β-unsaturated/α-hetero) is 1. The zero-order chi connectivity index (χ0) is 9.84. The molecule has 0 aliphatic rings. The van der Waals surface area contributed by atoms with Crippen molar-refractivity contribution in [1.29, 1.82) is 0 Å². The van der Waals surface area contributed by atoms with E-state index in [1.807, 2.05) is 0 Å². The SMILES string of the molecule is CNC(=O)c1ccccc1C(C)=O. The molecule has 1 aromatic rings. The van der Waals surface area contributed by atoms with Gasteiger partial charge >= 0.3 is 0 Å². The summed E-state index contributed by atoms with van der Waals surface area (Å²) in [6.45, 7) is 1.45. The Morgan fingerprint density at radius 1 is 1.15 bits per heavy atom. The maximum atomic E-state index is 11.3. The molecule has 0 atom stereocenters. The van der Waals surface area contributed by atoms with Gasteiger partial charge in [0, 0.05) is 12.6 Å². The quantitative estimate of drug-likeness (QED) is 0.691. The smallest absolute Gasteiger partial charge is 0.251 e. The van der Waals surface area contributed by atoms with Crippen molar-refractivity contribution in [1.82, 2.24) is 5.32 Å². The van der Waals surface area contributed by atoms with Gasteiger partial charge in [0.25, 0.3) is 5.91 Å². The molecule has 1 amide bonds. The van der Waals surface area contributed by atoms with Gasteiger partial charge in [-0.25, -0.2) is 0 Å². The molecule has 0 aromatic heterocycles. The van der Waals surface area contributed by atoms with Gasteiger partial charge in [-0.3, -0.25) is 9.59 Å². The Bertz CT molecular complexity index is 345. The molecule has 0 spiro atoms. The summed E-state index contributed by atoms with van der Waals surface area (Å²) in [6.07, 6.45) is 0. The molecule has 0 aliphatic heterocycles. The molecule has 1 rings (SSSR count). The molecule has 68 valence electrons.